The molecule has 0 bridgehead atoms. The van der Waals surface area contributed by atoms with Gasteiger partial charge in [0.25, 0.3) is 5.56 Å². The van der Waals surface area contributed by atoms with Crippen LogP contribution in [0.3, 0.4) is 0 Å². The molecule has 0 aliphatic carbocycles. The molecule has 2 aromatic carbocycles. The van der Waals surface area contributed by atoms with Crippen molar-refractivity contribution in [3.05, 3.63) is 68.9 Å². The molecule has 0 radical (unpaired) electrons. The second-order valence-electron chi connectivity index (χ2n) is 7.78. The fourth-order valence-electron chi connectivity index (χ4n) is 3.86. The first-order valence-electron chi connectivity index (χ1n) is 11.1. The molecule has 2 aromatic heterocycles. The Kier molecular flexibility index (Phi) is 6.27. The van der Waals surface area contributed by atoms with E-state index in [2.05, 4.69) is 5.10 Å². The molecule has 9 heteroatoms. The van der Waals surface area contributed by atoms with Crippen LogP contribution in [0.15, 0.2) is 52.6 Å². The van der Waals surface area contributed by atoms with Gasteiger partial charge in [-0.15, -0.1) is 11.3 Å². The number of rotatable bonds is 6. The fraction of sp³-hybridized carbons (Fsp3) is 0.280. The predicted octanol–water partition coefficient (Wildman–Crippen LogP) is 3.84. The lowest BCUT2D eigenvalue weighted by Crippen LogP contribution is -2.26. The highest BCUT2D eigenvalue weighted by Crippen LogP contribution is 2.34. The van der Waals surface area contributed by atoms with E-state index in [1.807, 2.05) is 29.6 Å². The first-order chi connectivity index (χ1) is 16.6. The van der Waals surface area contributed by atoms with E-state index in [0.29, 0.717) is 35.4 Å². The van der Waals surface area contributed by atoms with Crippen LogP contribution in [0.5, 0.6) is 11.5 Å². The van der Waals surface area contributed by atoms with Crippen LogP contribution >= 0.6 is 11.3 Å². The van der Waals surface area contributed by atoms with E-state index in [1.54, 1.807) is 25.1 Å². The minimum Gasteiger partial charge on any atom is -0.490 e. The van der Waals surface area contributed by atoms with Gasteiger partial charge in [-0.2, -0.15) is 5.10 Å². The Hall–Kier alpha value is -3.72. The zero-order valence-corrected chi connectivity index (χ0v) is 19.5. The van der Waals surface area contributed by atoms with Crippen LogP contribution in [0.2, 0.25) is 0 Å². The molecular weight excluding hydrogens is 454 g/mol. The van der Waals surface area contributed by atoms with Gasteiger partial charge in [0.1, 0.15) is 5.01 Å². The number of hydrogen-bond donors (Lipinski definition) is 0. The molecule has 0 N–H and O–H groups in total. The van der Waals surface area contributed by atoms with Crippen LogP contribution < -0.4 is 15.0 Å². The van der Waals surface area contributed by atoms with Crippen LogP contribution in [0, 0.1) is 0 Å². The van der Waals surface area contributed by atoms with Gasteiger partial charge in [0.05, 0.1) is 49.6 Å². The molecule has 0 saturated heterocycles. The summed E-state index contributed by atoms with van der Waals surface area (Å²) in [4.78, 5) is 29.9. The van der Waals surface area contributed by atoms with Gasteiger partial charge in [-0.25, -0.2) is 9.67 Å². The number of thiazole rings is 1. The third-order valence-electron chi connectivity index (χ3n) is 5.44. The van der Waals surface area contributed by atoms with Crippen LogP contribution in [-0.4, -0.2) is 40.6 Å². The average Bonchev–Trinajstić information content (AvgIpc) is 3.18. The van der Waals surface area contributed by atoms with Gasteiger partial charge in [0.2, 0.25) is 0 Å². The highest BCUT2D eigenvalue weighted by Gasteiger charge is 2.17. The third-order valence-corrected chi connectivity index (χ3v) is 6.27. The Labute approximate surface area is 199 Å². The Morgan fingerprint density at radius 1 is 1.12 bits per heavy atom. The maximum absolute atomic E-state index is 13.1. The average molecular weight is 478 g/mol. The fourth-order valence-corrected chi connectivity index (χ4v) is 4.64. The largest absolute Gasteiger partial charge is 0.490 e. The van der Waals surface area contributed by atoms with Gasteiger partial charge < -0.3 is 14.2 Å². The van der Waals surface area contributed by atoms with Gasteiger partial charge in [-0.3, -0.25) is 9.59 Å². The molecule has 34 heavy (non-hydrogen) atoms. The Morgan fingerprint density at radius 2 is 1.91 bits per heavy atom. The number of nitrogens with zero attached hydrogens (tertiary/aromatic N) is 3. The van der Waals surface area contributed by atoms with Crippen molar-refractivity contribution in [2.75, 3.05) is 19.8 Å². The van der Waals surface area contributed by atoms with E-state index in [0.717, 1.165) is 28.4 Å². The normalized spacial score (nSPS) is 13.0. The molecule has 0 atom stereocenters. The van der Waals surface area contributed by atoms with Crippen LogP contribution in [0.1, 0.15) is 24.0 Å². The summed E-state index contributed by atoms with van der Waals surface area (Å²) in [7, 11) is 0. The molecule has 3 heterocycles. The lowest BCUT2D eigenvalue weighted by atomic mass is 10.1. The van der Waals surface area contributed by atoms with Gasteiger partial charge in [-0.1, -0.05) is 18.2 Å². The summed E-state index contributed by atoms with van der Waals surface area (Å²) in [6.07, 6.45) is 0.839. The molecule has 0 saturated carbocycles. The summed E-state index contributed by atoms with van der Waals surface area (Å²) < 4.78 is 17.9. The van der Waals surface area contributed by atoms with Gasteiger partial charge in [0.15, 0.2) is 11.5 Å². The quantitative estimate of drug-likeness (QED) is 0.390. The zero-order chi connectivity index (χ0) is 23.5. The summed E-state index contributed by atoms with van der Waals surface area (Å²) in [5.41, 5.74) is 1.98. The topological polar surface area (TPSA) is 92.5 Å². The second-order valence-corrected chi connectivity index (χ2v) is 8.72. The first-order valence-corrected chi connectivity index (χ1v) is 12.0. The number of ether oxygens (including phenoxy) is 3. The highest BCUT2D eigenvalue weighted by atomic mass is 32.1. The number of esters is 1. The maximum Gasteiger partial charge on any atom is 0.311 e. The number of fused-ring (bicyclic) bond motifs is 2. The van der Waals surface area contributed by atoms with Crippen molar-refractivity contribution in [2.45, 2.75) is 26.3 Å². The Bertz CT molecular complexity index is 1410. The van der Waals surface area contributed by atoms with Crippen molar-refractivity contribution in [1.82, 2.24) is 14.8 Å². The summed E-state index contributed by atoms with van der Waals surface area (Å²) >= 11 is 1.45. The van der Waals surface area contributed by atoms with Gasteiger partial charge in [0, 0.05) is 22.8 Å². The second kappa shape index (κ2) is 9.64. The molecule has 174 valence electrons. The molecular formula is C25H23N3O5S. The number of carbonyl (C=O) groups excluding carboxylic acids is 1. The smallest absolute Gasteiger partial charge is 0.311 e. The van der Waals surface area contributed by atoms with E-state index in [-0.39, 0.29) is 31.1 Å². The number of aromatic nitrogens is 3. The SMILES string of the molecule is CCOC(=O)Cc1nn(Cc2nc(-c3ccc4c(c3)OCCCO4)cs2)c(=O)c2ccccc12. The van der Waals surface area contributed by atoms with Crippen molar-refractivity contribution in [1.29, 1.82) is 0 Å². The molecule has 0 amide bonds. The minimum absolute atomic E-state index is 0.00501. The van der Waals surface area contributed by atoms with E-state index in [9.17, 15) is 9.59 Å². The minimum atomic E-state index is -0.378. The van der Waals surface area contributed by atoms with Crippen molar-refractivity contribution < 1.29 is 19.0 Å². The third kappa shape index (κ3) is 4.51. The number of benzene rings is 2. The van der Waals surface area contributed by atoms with E-state index < -0.39 is 0 Å². The van der Waals surface area contributed by atoms with Gasteiger partial charge >= 0.3 is 5.97 Å². The standard InChI is InChI=1S/C25H23N3O5S/c1-2-31-24(29)13-19-17-6-3-4-7-18(17)25(30)28(27-19)14-23-26-20(15-34-23)16-8-9-21-22(12-16)33-11-5-10-32-21/h3-4,6-9,12,15H,2,5,10-11,13-14H2,1H3. The maximum atomic E-state index is 13.1. The highest BCUT2D eigenvalue weighted by molar-refractivity contribution is 7.09. The molecule has 8 nitrogen and oxygen atoms in total. The molecule has 0 fully saturated rings. The molecule has 1 aliphatic heterocycles. The predicted molar refractivity (Wildman–Crippen MR) is 129 cm³/mol. The van der Waals surface area contributed by atoms with Crippen molar-refractivity contribution in [3.8, 4) is 22.8 Å². The van der Waals surface area contributed by atoms with Crippen molar-refractivity contribution in [2.24, 2.45) is 0 Å². The molecule has 0 unspecified atom stereocenters. The van der Waals surface area contributed by atoms with E-state index in [1.165, 1.54) is 16.0 Å². The number of carbonyl (C=O) groups is 1. The lowest BCUT2D eigenvalue weighted by molar-refractivity contribution is -0.142. The zero-order valence-electron chi connectivity index (χ0n) is 18.7. The van der Waals surface area contributed by atoms with Crippen LogP contribution in [0.25, 0.3) is 22.0 Å². The van der Waals surface area contributed by atoms with E-state index >= 15 is 0 Å². The van der Waals surface area contributed by atoms with E-state index in [4.69, 9.17) is 19.2 Å². The first kappa shape index (κ1) is 22.1. The van der Waals surface area contributed by atoms with Gasteiger partial charge in [-0.05, 0) is 31.2 Å². The van der Waals surface area contributed by atoms with Crippen molar-refractivity contribution >= 4 is 28.1 Å². The molecule has 1 aliphatic rings. The van der Waals surface area contributed by atoms with Crippen LogP contribution in [0.4, 0.5) is 0 Å². The van der Waals surface area contributed by atoms with Crippen molar-refractivity contribution in [3.63, 3.8) is 0 Å². The lowest BCUT2D eigenvalue weighted by Gasteiger charge is -2.10. The van der Waals surface area contributed by atoms with Crippen LogP contribution in [-0.2, 0) is 22.5 Å². The molecule has 0 spiro atoms. The molecule has 5 rings (SSSR count). The summed E-state index contributed by atoms with van der Waals surface area (Å²) in [6.45, 7) is 3.50. The Balaban J connectivity index is 1.45. The monoisotopic (exact) mass is 477 g/mol. The number of hydrogen-bond acceptors (Lipinski definition) is 8. The summed E-state index contributed by atoms with van der Waals surface area (Å²) in [5, 5.41) is 8.34. The Morgan fingerprint density at radius 3 is 2.74 bits per heavy atom. The summed E-state index contributed by atoms with van der Waals surface area (Å²) in [6, 6.07) is 12.9. The summed E-state index contributed by atoms with van der Waals surface area (Å²) in [5.74, 6) is 1.06. The molecule has 4 aromatic rings.